The molecule has 2 amide bonds. The van der Waals surface area contributed by atoms with Crippen LogP contribution in [0.1, 0.15) is 22.8 Å². The molecule has 0 radical (unpaired) electrons. The quantitative estimate of drug-likeness (QED) is 0.335. The summed E-state index contributed by atoms with van der Waals surface area (Å²) in [4.78, 5) is 24.1. The summed E-state index contributed by atoms with van der Waals surface area (Å²) in [6, 6.07) is 17.5. The number of carbonyl (C=O) groups is 2. The van der Waals surface area contributed by atoms with Crippen LogP contribution in [0.3, 0.4) is 0 Å². The third kappa shape index (κ3) is 6.66. The molecule has 0 fully saturated rings. The Balaban J connectivity index is 1.55. The predicted molar refractivity (Wildman–Crippen MR) is 126 cm³/mol. The molecule has 0 bridgehead atoms. The number of benzene rings is 3. The molecule has 8 nitrogen and oxygen atoms in total. The predicted octanol–water partition coefficient (Wildman–Crippen LogP) is 3.50. The van der Waals surface area contributed by atoms with Crippen LogP contribution >= 0.6 is 0 Å². The second kappa shape index (κ2) is 11.1. The molecule has 3 aromatic carbocycles. The van der Waals surface area contributed by atoms with Gasteiger partial charge in [0, 0.05) is 22.9 Å². The van der Waals surface area contributed by atoms with Crippen LogP contribution in [0.5, 0.6) is 5.75 Å². The second-order valence-electron chi connectivity index (χ2n) is 6.89. The zero-order chi connectivity index (χ0) is 24.6. The number of anilines is 1. The normalized spacial score (nSPS) is 11.1. The van der Waals surface area contributed by atoms with Gasteiger partial charge >= 0.3 is 0 Å². The summed E-state index contributed by atoms with van der Waals surface area (Å²) in [5.41, 5.74) is 5.08. The highest BCUT2D eigenvalue weighted by atomic mass is 32.2. The van der Waals surface area contributed by atoms with Crippen molar-refractivity contribution in [1.82, 2.24) is 10.9 Å². The smallest absolute Gasteiger partial charge is 0.269 e. The van der Waals surface area contributed by atoms with Crippen molar-refractivity contribution in [3.8, 4) is 5.75 Å². The highest BCUT2D eigenvalue weighted by Gasteiger charge is 2.15. The van der Waals surface area contributed by atoms with Gasteiger partial charge in [0.15, 0.2) is 0 Å². The number of amides is 2. The molecule has 3 rings (SSSR count). The van der Waals surface area contributed by atoms with E-state index in [-0.39, 0.29) is 21.7 Å². The van der Waals surface area contributed by atoms with Crippen LogP contribution in [0.2, 0.25) is 0 Å². The first-order chi connectivity index (χ1) is 16.3. The van der Waals surface area contributed by atoms with E-state index in [4.69, 9.17) is 4.74 Å². The zero-order valence-electron chi connectivity index (χ0n) is 18.1. The van der Waals surface area contributed by atoms with Crippen LogP contribution < -0.4 is 20.3 Å². The van der Waals surface area contributed by atoms with Gasteiger partial charge in [0.1, 0.15) is 11.6 Å². The maximum absolute atomic E-state index is 13.6. The molecule has 0 saturated heterocycles. The summed E-state index contributed by atoms with van der Waals surface area (Å²) in [6.45, 7) is 2.30. The van der Waals surface area contributed by atoms with E-state index in [1.54, 1.807) is 18.2 Å². The van der Waals surface area contributed by atoms with Crippen molar-refractivity contribution in [1.29, 1.82) is 0 Å². The number of nitrogens with one attached hydrogen (secondary N) is 3. The van der Waals surface area contributed by atoms with E-state index in [9.17, 15) is 22.4 Å². The minimum atomic E-state index is -3.83. The molecule has 0 heterocycles. The van der Waals surface area contributed by atoms with Gasteiger partial charge in [-0.25, -0.2) is 12.8 Å². The second-order valence-corrected chi connectivity index (χ2v) is 8.57. The Kier molecular flexibility index (Phi) is 7.99. The van der Waals surface area contributed by atoms with Crippen molar-refractivity contribution in [3.05, 3.63) is 95.8 Å². The van der Waals surface area contributed by atoms with E-state index in [0.29, 0.717) is 12.4 Å². The fourth-order valence-corrected chi connectivity index (χ4v) is 3.85. The minimum Gasteiger partial charge on any atom is -0.494 e. The van der Waals surface area contributed by atoms with E-state index in [2.05, 4.69) is 15.6 Å². The molecule has 10 heteroatoms. The zero-order valence-corrected chi connectivity index (χ0v) is 18.9. The average molecular weight is 484 g/mol. The minimum absolute atomic E-state index is 0.0592. The molecule has 34 heavy (non-hydrogen) atoms. The van der Waals surface area contributed by atoms with Crippen LogP contribution in [-0.4, -0.2) is 26.8 Å². The lowest BCUT2D eigenvalue weighted by atomic mass is 10.2. The average Bonchev–Trinajstić information content (AvgIpc) is 2.83. The van der Waals surface area contributed by atoms with Crippen molar-refractivity contribution in [2.24, 2.45) is 0 Å². The third-order valence-corrected chi connectivity index (χ3v) is 5.86. The first-order valence-electron chi connectivity index (χ1n) is 10.2. The van der Waals surface area contributed by atoms with Crippen LogP contribution in [0.15, 0.2) is 83.8 Å². The molecule has 0 unspecified atom stereocenters. The number of rotatable bonds is 8. The molecular formula is C24H22FN3O5S. The Morgan fingerprint density at radius 1 is 0.941 bits per heavy atom. The van der Waals surface area contributed by atoms with E-state index in [1.807, 2.05) is 6.92 Å². The van der Waals surface area contributed by atoms with Gasteiger partial charge in [0.05, 0.1) is 11.5 Å². The number of hydrogen-bond donors (Lipinski definition) is 3. The summed E-state index contributed by atoms with van der Waals surface area (Å²) in [6.07, 6.45) is 2.36. The molecule has 3 N–H and O–H groups in total. The van der Waals surface area contributed by atoms with Crippen molar-refractivity contribution in [2.75, 3.05) is 11.3 Å². The van der Waals surface area contributed by atoms with Crippen molar-refractivity contribution < 1.29 is 27.1 Å². The summed E-state index contributed by atoms with van der Waals surface area (Å²) < 4.78 is 46.4. The SMILES string of the molecule is CCOc1ccc(S(=O)(=O)Nc2ccc(C(=O)NNC(=O)/C=C/c3ccccc3F)cc2)cc1. The first-order valence-corrected chi connectivity index (χ1v) is 11.7. The Hall–Kier alpha value is -4.18. The van der Waals surface area contributed by atoms with Gasteiger partial charge in [-0.3, -0.25) is 25.2 Å². The number of hydrazine groups is 1. The Bertz CT molecular complexity index is 1290. The fourth-order valence-electron chi connectivity index (χ4n) is 2.79. The third-order valence-electron chi connectivity index (χ3n) is 4.46. The lowest BCUT2D eigenvalue weighted by Gasteiger charge is -2.10. The van der Waals surface area contributed by atoms with Crippen molar-refractivity contribution >= 4 is 33.6 Å². The lowest BCUT2D eigenvalue weighted by molar-refractivity contribution is -0.117. The van der Waals surface area contributed by atoms with Gasteiger partial charge < -0.3 is 4.74 Å². The van der Waals surface area contributed by atoms with Crippen LogP contribution in [0.25, 0.3) is 6.08 Å². The van der Waals surface area contributed by atoms with Gasteiger partial charge in [-0.15, -0.1) is 0 Å². The molecule has 176 valence electrons. The fraction of sp³-hybridized carbons (Fsp3) is 0.0833. The number of halogens is 1. The number of sulfonamides is 1. The molecule has 0 aliphatic carbocycles. The van der Waals surface area contributed by atoms with Gasteiger partial charge in [0.2, 0.25) is 0 Å². The Labute approximate surface area is 196 Å². The van der Waals surface area contributed by atoms with Gasteiger partial charge in [-0.2, -0.15) is 0 Å². The summed E-state index contributed by atoms with van der Waals surface area (Å²) >= 11 is 0. The molecule has 0 atom stereocenters. The Morgan fingerprint density at radius 2 is 1.62 bits per heavy atom. The summed E-state index contributed by atoms with van der Waals surface area (Å²) in [7, 11) is -3.83. The van der Waals surface area contributed by atoms with Gasteiger partial charge in [-0.1, -0.05) is 18.2 Å². The number of hydrogen-bond acceptors (Lipinski definition) is 5. The molecule has 0 aliphatic rings. The van der Waals surface area contributed by atoms with Gasteiger partial charge in [-0.05, 0) is 67.6 Å². The molecule has 0 aromatic heterocycles. The Morgan fingerprint density at radius 3 is 2.26 bits per heavy atom. The van der Waals surface area contributed by atoms with E-state index >= 15 is 0 Å². The highest BCUT2D eigenvalue weighted by Crippen LogP contribution is 2.19. The highest BCUT2D eigenvalue weighted by molar-refractivity contribution is 7.92. The van der Waals surface area contributed by atoms with Crippen molar-refractivity contribution in [3.63, 3.8) is 0 Å². The molecule has 3 aromatic rings. The van der Waals surface area contributed by atoms with Crippen molar-refractivity contribution in [2.45, 2.75) is 11.8 Å². The van der Waals surface area contributed by atoms with E-state index in [0.717, 1.165) is 6.08 Å². The molecule has 0 spiro atoms. The monoisotopic (exact) mass is 483 g/mol. The van der Waals surface area contributed by atoms with Crippen LogP contribution in [0, 0.1) is 5.82 Å². The standard InChI is InChI=1S/C24H22FN3O5S/c1-2-33-20-12-14-21(15-13-20)34(31,32)28-19-10-7-18(8-11-19)24(30)27-26-23(29)16-9-17-5-3-4-6-22(17)25/h3-16,28H,2H2,1H3,(H,26,29)(H,27,30)/b16-9+. The summed E-state index contributed by atoms with van der Waals surface area (Å²) in [5, 5.41) is 0. The van der Waals surface area contributed by atoms with Crippen LogP contribution in [-0.2, 0) is 14.8 Å². The summed E-state index contributed by atoms with van der Waals surface area (Å²) in [5.74, 6) is -1.19. The maximum atomic E-state index is 13.6. The van der Waals surface area contributed by atoms with E-state index in [1.165, 1.54) is 60.7 Å². The molecular weight excluding hydrogens is 461 g/mol. The van der Waals surface area contributed by atoms with Crippen LogP contribution in [0.4, 0.5) is 10.1 Å². The number of carbonyl (C=O) groups excluding carboxylic acids is 2. The molecule has 0 aliphatic heterocycles. The first kappa shape index (κ1) is 24.5. The maximum Gasteiger partial charge on any atom is 0.269 e. The topological polar surface area (TPSA) is 114 Å². The van der Waals surface area contributed by atoms with E-state index < -0.39 is 27.7 Å². The molecule has 0 saturated carbocycles. The number of ether oxygens (including phenoxy) is 1. The lowest BCUT2D eigenvalue weighted by Crippen LogP contribution is -2.40. The van der Waals surface area contributed by atoms with Gasteiger partial charge in [0.25, 0.3) is 21.8 Å². The largest absolute Gasteiger partial charge is 0.494 e.